The number of nitrogens with zero attached hydrogens (tertiary/aromatic N) is 1. The quantitative estimate of drug-likeness (QED) is 0.836. The third kappa shape index (κ3) is 3.01. The van der Waals surface area contributed by atoms with Crippen molar-refractivity contribution in [2.75, 3.05) is 20.3 Å². The number of carboxylic acid groups (broad SMARTS) is 1. The minimum Gasteiger partial charge on any atom is -0.486 e. The summed E-state index contributed by atoms with van der Waals surface area (Å²) in [6.45, 7) is 2.74. The van der Waals surface area contributed by atoms with Crippen molar-refractivity contribution in [3.05, 3.63) is 23.8 Å². The van der Waals surface area contributed by atoms with E-state index in [1.54, 1.807) is 13.1 Å². The molecule has 1 amide bonds. The molecule has 0 spiro atoms. The zero-order valence-electron chi connectivity index (χ0n) is 11.5. The second kappa shape index (κ2) is 5.81. The molecule has 0 saturated carbocycles. The Balaban J connectivity index is 2.06. The van der Waals surface area contributed by atoms with Gasteiger partial charge in [0.25, 0.3) is 0 Å². The van der Waals surface area contributed by atoms with Crippen LogP contribution in [0.2, 0.25) is 0 Å². The van der Waals surface area contributed by atoms with E-state index in [-0.39, 0.29) is 0 Å². The summed E-state index contributed by atoms with van der Waals surface area (Å²) in [5.41, 5.74) is 0.864. The van der Waals surface area contributed by atoms with Gasteiger partial charge in [-0.25, -0.2) is 0 Å². The maximum absolute atomic E-state index is 11.9. The average molecular weight is 279 g/mol. The van der Waals surface area contributed by atoms with Crippen LogP contribution in [0, 0.1) is 5.92 Å². The van der Waals surface area contributed by atoms with Crippen LogP contribution in [-0.4, -0.2) is 42.1 Å². The first-order chi connectivity index (χ1) is 9.49. The molecule has 1 atom stereocenters. The second-order valence-electron chi connectivity index (χ2n) is 4.73. The van der Waals surface area contributed by atoms with Crippen LogP contribution in [0.15, 0.2) is 18.2 Å². The van der Waals surface area contributed by atoms with E-state index in [9.17, 15) is 9.59 Å². The van der Waals surface area contributed by atoms with Crippen molar-refractivity contribution in [1.82, 2.24) is 4.90 Å². The number of carbonyl (C=O) groups excluding carboxylic acids is 1. The molecule has 6 nitrogen and oxygen atoms in total. The standard InChI is InChI=1S/C14H17NO5/c1-9(14(17)18)13(16)15(2)8-10-3-4-11-12(7-10)20-6-5-19-11/h3-4,7,9H,5-6,8H2,1-2H3,(H,17,18). The molecular weight excluding hydrogens is 262 g/mol. The molecule has 1 unspecified atom stereocenters. The summed E-state index contributed by atoms with van der Waals surface area (Å²) in [6.07, 6.45) is 0. The van der Waals surface area contributed by atoms with Crippen LogP contribution >= 0.6 is 0 Å². The van der Waals surface area contributed by atoms with Crippen molar-refractivity contribution >= 4 is 11.9 Å². The molecule has 1 aromatic carbocycles. The monoisotopic (exact) mass is 279 g/mol. The molecule has 1 aliphatic rings. The molecule has 108 valence electrons. The van der Waals surface area contributed by atoms with Gasteiger partial charge in [-0.2, -0.15) is 0 Å². The van der Waals surface area contributed by atoms with E-state index in [4.69, 9.17) is 14.6 Å². The van der Waals surface area contributed by atoms with Crippen molar-refractivity contribution in [3.63, 3.8) is 0 Å². The normalized spacial score (nSPS) is 14.5. The van der Waals surface area contributed by atoms with Gasteiger partial charge < -0.3 is 19.5 Å². The van der Waals surface area contributed by atoms with Crippen molar-refractivity contribution in [2.45, 2.75) is 13.5 Å². The Bertz CT molecular complexity index is 528. The fourth-order valence-electron chi connectivity index (χ4n) is 1.97. The zero-order chi connectivity index (χ0) is 14.7. The first-order valence-electron chi connectivity index (χ1n) is 6.35. The molecule has 0 fully saturated rings. The van der Waals surface area contributed by atoms with Gasteiger partial charge >= 0.3 is 5.97 Å². The first-order valence-corrected chi connectivity index (χ1v) is 6.35. The second-order valence-corrected chi connectivity index (χ2v) is 4.73. The predicted molar refractivity (Wildman–Crippen MR) is 70.7 cm³/mol. The van der Waals surface area contributed by atoms with Gasteiger partial charge in [0, 0.05) is 13.6 Å². The van der Waals surface area contributed by atoms with Gasteiger partial charge in [-0.1, -0.05) is 6.07 Å². The first kappa shape index (κ1) is 14.2. The molecule has 1 heterocycles. The molecule has 6 heteroatoms. The van der Waals surface area contributed by atoms with Gasteiger partial charge in [-0.05, 0) is 24.6 Å². The fraction of sp³-hybridized carbons (Fsp3) is 0.429. The maximum Gasteiger partial charge on any atom is 0.315 e. The smallest absolute Gasteiger partial charge is 0.315 e. The summed E-state index contributed by atoms with van der Waals surface area (Å²) in [5, 5.41) is 8.84. The largest absolute Gasteiger partial charge is 0.486 e. The van der Waals surface area contributed by atoms with Gasteiger partial charge in [0.15, 0.2) is 11.5 Å². The highest BCUT2D eigenvalue weighted by molar-refractivity contribution is 5.96. The van der Waals surface area contributed by atoms with E-state index < -0.39 is 17.8 Å². The zero-order valence-corrected chi connectivity index (χ0v) is 11.5. The number of rotatable bonds is 4. The summed E-state index contributed by atoms with van der Waals surface area (Å²) in [6, 6.07) is 5.44. The molecule has 0 aliphatic carbocycles. The maximum atomic E-state index is 11.9. The molecule has 0 radical (unpaired) electrons. The number of aliphatic carboxylic acids is 1. The Hall–Kier alpha value is -2.24. The molecule has 2 rings (SSSR count). The van der Waals surface area contributed by atoms with Crippen LogP contribution in [0.1, 0.15) is 12.5 Å². The molecule has 0 saturated heterocycles. The highest BCUT2D eigenvalue weighted by atomic mass is 16.6. The third-order valence-electron chi connectivity index (χ3n) is 3.14. The Morgan fingerprint density at radius 1 is 1.30 bits per heavy atom. The van der Waals surface area contributed by atoms with E-state index in [2.05, 4.69) is 0 Å². The number of carboxylic acids is 1. The van der Waals surface area contributed by atoms with Crippen LogP contribution < -0.4 is 9.47 Å². The lowest BCUT2D eigenvalue weighted by Crippen LogP contribution is -2.34. The number of hydrogen-bond acceptors (Lipinski definition) is 4. The summed E-state index contributed by atoms with van der Waals surface area (Å²) in [5.74, 6) is -1.25. The number of fused-ring (bicyclic) bond motifs is 1. The number of benzene rings is 1. The van der Waals surface area contributed by atoms with Gasteiger partial charge in [0.2, 0.25) is 5.91 Å². The number of hydrogen-bond donors (Lipinski definition) is 1. The fourth-order valence-corrected chi connectivity index (χ4v) is 1.97. The van der Waals surface area contributed by atoms with Crippen molar-refractivity contribution in [2.24, 2.45) is 5.92 Å². The third-order valence-corrected chi connectivity index (χ3v) is 3.14. The minimum atomic E-state index is -1.12. The SMILES string of the molecule is CC(C(=O)O)C(=O)N(C)Cc1ccc2c(c1)OCCO2. The van der Waals surface area contributed by atoms with Crippen LogP contribution in [0.4, 0.5) is 0 Å². The topological polar surface area (TPSA) is 76.1 Å². The highest BCUT2D eigenvalue weighted by Crippen LogP contribution is 2.31. The molecule has 1 aromatic rings. The van der Waals surface area contributed by atoms with Crippen molar-refractivity contribution in [1.29, 1.82) is 0 Å². The molecule has 0 aromatic heterocycles. The number of ether oxygens (including phenoxy) is 2. The van der Waals surface area contributed by atoms with E-state index >= 15 is 0 Å². The van der Waals surface area contributed by atoms with Gasteiger partial charge in [-0.3, -0.25) is 9.59 Å². The molecule has 0 bridgehead atoms. The lowest BCUT2D eigenvalue weighted by Gasteiger charge is -2.22. The molecule has 1 N–H and O–H groups in total. The summed E-state index contributed by atoms with van der Waals surface area (Å²) in [4.78, 5) is 24.1. The van der Waals surface area contributed by atoms with Gasteiger partial charge in [0.1, 0.15) is 19.1 Å². The van der Waals surface area contributed by atoms with Gasteiger partial charge in [0.05, 0.1) is 0 Å². The summed E-state index contributed by atoms with van der Waals surface area (Å²) in [7, 11) is 1.58. The van der Waals surface area contributed by atoms with Crippen molar-refractivity contribution < 1.29 is 24.2 Å². The van der Waals surface area contributed by atoms with Crippen molar-refractivity contribution in [3.8, 4) is 11.5 Å². The van der Waals surface area contributed by atoms with Crippen LogP contribution in [-0.2, 0) is 16.1 Å². The summed E-state index contributed by atoms with van der Waals surface area (Å²) >= 11 is 0. The predicted octanol–water partition coefficient (Wildman–Crippen LogP) is 1.14. The Labute approximate surface area is 116 Å². The van der Waals surface area contributed by atoms with E-state index in [1.165, 1.54) is 11.8 Å². The lowest BCUT2D eigenvalue weighted by molar-refractivity contribution is -0.149. The highest BCUT2D eigenvalue weighted by Gasteiger charge is 2.24. The average Bonchev–Trinajstić information content (AvgIpc) is 2.45. The molecule has 1 aliphatic heterocycles. The van der Waals surface area contributed by atoms with E-state index in [1.807, 2.05) is 12.1 Å². The van der Waals surface area contributed by atoms with Crippen LogP contribution in [0.3, 0.4) is 0 Å². The lowest BCUT2D eigenvalue weighted by atomic mass is 10.1. The Morgan fingerprint density at radius 2 is 1.95 bits per heavy atom. The Kier molecular flexibility index (Phi) is 4.12. The van der Waals surface area contributed by atoms with E-state index in [0.717, 1.165) is 5.56 Å². The van der Waals surface area contributed by atoms with Gasteiger partial charge in [-0.15, -0.1) is 0 Å². The van der Waals surface area contributed by atoms with E-state index in [0.29, 0.717) is 31.3 Å². The number of amides is 1. The minimum absolute atomic E-state index is 0.326. The van der Waals surface area contributed by atoms with Crippen LogP contribution in [0.5, 0.6) is 11.5 Å². The Morgan fingerprint density at radius 3 is 2.60 bits per heavy atom. The summed E-state index contributed by atoms with van der Waals surface area (Å²) < 4.78 is 10.9. The molecular formula is C14H17NO5. The molecule has 20 heavy (non-hydrogen) atoms. The van der Waals surface area contributed by atoms with Crippen LogP contribution in [0.25, 0.3) is 0 Å². The number of carbonyl (C=O) groups is 2.